The molecule has 184 valence electrons. The molecule has 0 atom stereocenters. The fraction of sp³-hybridized carbons (Fsp3) is 0.296. The average molecular weight is 484 g/mol. The molecule has 1 aliphatic rings. The monoisotopic (exact) mass is 483 g/mol. The summed E-state index contributed by atoms with van der Waals surface area (Å²) in [5.41, 5.74) is 4.17. The minimum atomic E-state index is 0.364. The lowest BCUT2D eigenvalue weighted by Crippen LogP contribution is -2.37. The van der Waals surface area contributed by atoms with Crippen LogP contribution in [-0.4, -0.2) is 59.3 Å². The van der Waals surface area contributed by atoms with Crippen molar-refractivity contribution in [3.8, 4) is 11.8 Å². The van der Waals surface area contributed by atoms with Gasteiger partial charge in [0.2, 0.25) is 5.95 Å². The van der Waals surface area contributed by atoms with E-state index >= 15 is 0 Å². The van der Waals surface area contributed by atoms with Crippen LogP contribution in [0.25, 0.3) is 10.9 Å². The number of nitriles is 1. The zero-order valence-electron chi connectivity index (χ0n) is 20.3. The number of nitrogens with zero attached hydrogens (tertiary/aromatic N) is 4. The SMILES string of the molecule is Cc1cc2cc(Nc3nc(Nc4cccc(OCCCN5CCOCC5)c4)ncc3C#N)ccc2[nH]1. The van der Waals surface area contributed by atoms with Crippen LogP contribution < -0.4 is 15.4 Å². The van der Waals surface area contributed by atoms with Gasteiger partial charge in [-0.3, -0.25) is 4.90 Å². The van der Waals surface area contributed by atoms with Crippen LogP contribution >= 0.6 is 0 Å². The number of hydrogen-bond donors (Lipinski definition) is 3. The standard InChI is InChI=1S/C27H29N7O2/c1-19-14-20-15-23(6-7-25(20)30-19)31-26-21(17-28)18-29-27(33-26)32-22-4-2-5-24(16-22)36-11-3-8-34-9-12-35-13-10-34/h2,4-7,14-16,18,30H,3,8-13H2,1H3,(H2,29,31,32,33). The normalized spacial score (nSPS) is 13.9. The molecule has 4 aromatic rings. The average Bonchev–Trinajstić information content (AvgIpc) is 3.27. The summed E-state index contributed by atoms with van der Waals surface area (Å²) in [6, 6.07) is 17.9. The first-order valence-corrected chi connectivity index (χ1v) is 12.1. The number of nitrogens with one attached hydrogen (secondary N) is 3. The largest absolute Gasteiger partial charge is 0.493 e. The second-order valence-electron chi connectivity index (χ2n) is 8.76. The Labute approximate surface area is 210 Å². The number of aryl methyl sites for hydroxylation is 1. The van der Waals surface area contributed by atoms with Crippen LogP contribution in [0.2, 0.25) is 0 Å². The third-order valence-corrected chi connectivity index (χ3v) is 6.01. The second kappa shape index (κ2) is 11.1. The number of aromatic nitrogens is 3. The molecule has 2 aromatic carbocycles. The second-order valence-corrected chi connectivity index (χ2v) is 8.76. The van der Waals surface area contributed by atoms with Crippen molar-refractivity contribution in [2.45, 2.75) is 13.3 Å². The third-order valence-electron chi connectivity index (χ3n) is 6.01. The zero-order valence-corrected chi connectivity index (χ0v) is 20.3. The zero-order chi connectivity index (χ0) is 24.7. The molecule has 0 bridgehead atoms. The molecule has 1 saturated heterocycles. The Morgan fingerprint density at radius 3 is 2.83 bits per heavy atom. The van der Waals surface area contributed by atoms with Crippen LogP contribution in [-0.2, 0) is 4.74 Å². The third kappa shape index (κ3) is 5.92. The van der Waals surface area contributed by atoms with Crippen LogP contribution in [0.4, 0.5) is 23.1 Å². The van der Waals surface area contributed by atoms with Gasteiger partial charge >= 0.3 is 0 Å². The topological polar surface area (TPSA) is 111 Å². The van der Waals surface area contributed by atoms with Crippen LogP contribution in [0.3, 0.4) is 0 Å². The fourth-order valence-corrected chi connectivity index (χ4v) is 4.21. The molecule has 9 nitrogen and oxygen atoms in total. The van der Waals surface area contributed by atoms with Crippen LogP contribution in [0, 0.1) is 18.3 Å². The highest BCUT2D eigenvalue weighted by Gasteiger charge is 2.11. The van der Waals surface area contributed by atoms with Crippen LogP contribution in [0.15, 0.2) is 54.7 Å². The highest BCUT2D eigenvalue weighted by atomic mass is 16.5. The molecule has 0 unspecified atom stereocenters. The van der Waals surface area contributed by atoms with Crippen LogP contribution in [0.1, 0.15) is 17.7 Å². The van der Waals surface area contributed by atoms with Gasteiger partial charge in [0.05, 0.1) is 26.0 Å². The molecule has 0 aliphatic carbocycles. The Hall–Kier alpha value is -4.13. The van der Waals surface area contributed by atoms with E-state index in [1.54, 1.807) is 0 Å². The molecule has 1 fully saturated rings. The summed E-state index contributed by atoms with van der Waals surface area (Å²) < 4.78 is 11.3. The molecule has 3 heterocycles. The minimum absolute atomic E-state index is 0.364. The molecule has 0 saturated carbocycles. The van der Waals surface area contributed by atoms with Gasteiger partial charge in [0.15, 0.2) is 5.82 Å². The van der Waals surface area contributed by atoms with E-state index in [1.807, 2.05) is 49.4 Å². The van der Waals surface area contributed by atoms with E-state index < -0.39 is 0 Å². The predicted octanol–water partition coefficient (Wildman–Crippen LogP) is 4.73. The molecule has 36 heavy (non-hydrogen) atoms. The molecule has 5 rings (SSSR count). The summed E-state index contributed by atoms with van der Waals surface area (Å²) in [5, 5.41) is 17.1. The van der Waals surface area contributed by atoms with E-state index in [0.717, 1.165) is 73.0 Å². The first kappa shape index (κ1) is 23.6. The quantitative estimate of drug-likeness (QED) is 0.293. The summed E-state index contributed by atoms with van der Waals surface area (Å²) in [6.45, 7) is 7.27. The van der Waals surface area contributed by atoms with Crippen molar-refractivity contribution in [1.29, 1.82) is 5.26 Å². The van der Waals surface area contributed by atoms with Crippen molar-refractivity contribution in [2.75, 3.05) is 50.1 Å². The molecule has 3 N–H and O–H groups in total. The smallest absolute Gasteiger partial charge is 0.229 e. The number of ether oxygens (including phenoxy) is 2. The van der Waals surface area contributed by atoms with E-state index in [9.17, 15) is 5.26 Å². The summed E-state index contributed by atoms with van der Waals surface area (Å²) >= 11 is 0. The molecule has 9 heteroatoms. The van der Waals surface area contributed by atoms with Crippen molar-refractivity contribution in [1.82, 2.24) is 19.9 Å². The Bertz CT molecular complexity index is 1370. The number of H-pyrrole nitrogens is 1. The number of aromatic amines is 1. The van der Waals surface area contributed by atoms with Gasteiger partial charge in [0.25, 0.3) is 0 Å². The van der Waals surface area contributed by atoms with Gasteiger partial charge in [-0.2, -0.15) is 10.2 Å². The van der Waals surface area contributed by atoms with Gasteiger partial charge in [-0.05, 0) is 49.7 Å². The molecule has 0 amide bonds. The minimum Gasteiger partial charge on any atom is -0.493 e. The van der Waals surface area contributed by atoms with E-state index in [-0.39, 0.29) is 0 Å². The summed E-state index contributed by atoms with van der Waals surface area (Å²) in [4.78, 5) is 14.6. The maximum atomic E-state index is 9.55. The van der Waals surface area contributed by atoms with Gasteiger partial charge in [-0.1, -0.05) is 6.07 Å². The van der Waals surface area contributed by atoms with Crippen LogP contribution in [0.5, 0.6) is 5.75 Å². The van der Waals surface area contributed by atoms with Gasteiger partial charge < -0.3 is 25.1 Å². The Morgan fingerprint density at radius 1 is 1.11 bits per heavy atom. The lowest BCUT2D eigenvalue weighted by molar-refractivity contribution is 0.0358. The highest BCUT2D eigenvalue weighted by molar-refractivity contribution is 5.85. The first-order valence-electron chi connectivity index (χ1n) is 12.1. The van der Waals surface area contributed by atoms with Crippen molar-refractivity contribution in [2.24, 2.45) is 0 Å². The molecule has 0 radical (unpaired) electrons. The molecule has 2 aromatic heterocycles. The predicted molar refractivity (Wildman–Crippen MR) is 140 cm³/mol. The summed E-state index contributed by atoms with van der Waals surface area (Å²) in [6.07, 6.45) is 2.47. The van der Waals surface area contributed by atoms with Crippen molar-refractivity contribution in [3.63, 3.8) is 0 Å². The summed E-state index contributed by atoms with van der Waals surface area (Å²) in [7, 11) is 0. The van der Waals surface area contributed by atoms with E-state index in [2.05, 4.69) is 42.6 Å². The first-order chi connectivity index (χ1) is 17.7. The van der Waals surface area contributed by atoms with Gasteiger partial charge in [0, 0.05) is 53.7 Å². The number of anilines is 4. The molecule has 0 spiro atoms. The number of morpholine rings is 1. The maximum absolute atomic E-state index is 9.55. The number of fused-ring (bicyclic) bond motifs is 1. The Kier molecular flexibility index (Phi) is 7.26. The molecular formula is C27H29N7O2. The number of benzene rings is 2. The molecular weight excluding hydrogens is 454 g/mol. The van der Waals surface area contributed by atoms with E-state index in [1.165, 1.54) is 6.20 Å². The lowest BCUT2D eigenvalue weighted by atomic mass is 10.2. The maximum Gasteiger partial charge on any atom is 0.229 e. The Balaban J connectivity index is 1.22. The van der Waals surface area contributed by atoms with Crippen molar-refractivity contribution >= 4 is 34.0 Å². The number of rotatable bonds is 9. The fourth-order valence-electron chi connectivity index (χ4n) is 4.21. The van der Waals surface area contributed by atoms with Gasteiger partial charge in [0.1, 0.15) is 17.4 Å². The van der Waals surface area contributed by atoms with Gasteiger partial charge in [-0.25, -0.2) is 4.98 Å². The van der Waals surface area contributed by atoms with E-state index in [4.69, 9.17) is 9.47 Å². The van der Waals surface area contributed by atoms with Gasteiger partial charge in [-0.15, -0.1) is 0 Å². The number of hydrogen-bond acceptors (Lipinski definition) is 8. The van der Waals surface area contributed by atoms with Crippen molar-refractivity contribution < 1.29 is 9.47 Å². The van der Waals surface area contributed by atoms with E-state index in [0.29, 0.717) is 23.9 Å². The molecule has 1 aliphatic heterocycles. The summed E-state index contributed by atoms with van der Waals surface area (Å²) in [5.74, 6) is 1.61. The highest BCUT2D eigenvalue weighted by Crippen LogP contribution is 2.25. The lowest BCUT2D eigenvalue weighted by Gasteiger charge is -2.26. The van der Waals surface area contributed by atoms with Crippen molar-refractivity contribution in [3.05, 3.63) is 66.0 Å². The Morgan fingerprint density at radius 2 is 1.97 bits per heavy atom.